The van der Waals surface area contributed by atoms with Gasteiger partial charge >= 0.3 is 0 Å². The van der Waals surface area contributed by atoms with Crippen LogP contribution in [0, 0.1) is 0 Å². The molecule has 4 rings (SSSR count). The van der Waals surface area contributed by atoms with Gasteiger partial charge in [0, 0.05) is 37.3 Å². The second kappa shape index (κ2) is 8.94. The zero-order valence-electron chi connectivity index (χ0n) is 17.1. The zero-order valence-corrected chi connectivity index (χ0v) is 17.1. The van der Waals surface area contributed by atoms with Crippen molar-refractivity contribution in [3.8, 4) is 22.9 Å². The Hall–Kier alpha value is -3.42. The Balaban J connectivity index is 1.41. The average molecular weight is 408 g/mol. The van der Waals surface area contributed by atoms with Crippen LogP contribution in [0.2, 0.25) is 0 Å². The highest BCUT2D eigenvalue weighted by Gasteiger charge is 2.30. The highest BCUT2D eigenvalue weighted by atomic mass is 16.5. The predicted octanol–water partition coefficient (Wildman–Crippen LogP) is 3.45. The summed E-state index contributed by atoms with van der Waals surface area (Å²) in [6, 6.07) is 9.50. The molecule has 0 radical (unpaired) electrons. The Kier molecular flexibility index (Phi) is 5.92. The number of carbonyl (C=O) groups is 1. The van der Waals surface area contributed by atoms with Crippen LogP contribution in [-0.2, 0) is 11.2 Å². The number of pyridine rings is 1. The van der Waals surface area contributed by atoms with Gasteiger partial charge in [-0.05, 0) is 42.7 Å². The largest absolute Gasteiger partial charge is 0.493 e. The molecule has 1 aromatic carbocycles. The van der Waals surface area contributed by atoms with Crippen LogP contribution in [0.4, 0.5) is 0 Å². The summed E-state index contributed by atoms with van der Waals surface area (Å²) in [5.41, 5.74) is 1.88. The van der Waals surface area contributed by atoms with E-state index in [1.54, 1.807) is 26.6 Å². The first-order valence-corrected chi connectivity index (χ1v) is 9.94. The van der Waals surface area contributed by atoms with Crippen molar-refractivity contribution in [2.75, 3.05) is 20.8 Å². The van der Waals surface area contributed by atoms with Crippen molar-refractivity contribution in [1.82, 2.24) is 20.0 Å². The van der Waals surface area contributed by atoms with Crippen molar-refractivity contribution in [1.29, 1.82) is 0 Å². The van der Waals surface area contributed by atoms with Gasteiger partial charge in [-0.25, -0.2) is 0 Å². The first-order chi connectivity index (χ1) is 14.7. The molecule has 3 heterocycles. The summed E-state index contributed by atoms with van der Waals surface area (Å²) >= 11 is 0. The van der Waals surface area contributed by atoms with Crippen molar-refractivity contribution in [3.63, 3.8) is 0 Å². The normalized spacial score (nSPS) is 15.9. The maximum Gasteiger partial charge on any atom is 0.227 e. The molecule has 8 heteroatoms. The van der Waals surface area contributed by atoms with Crippen molar-refractivity contribution < 1.29 is 18.8 Å². The summed E-state index contributed by atoms with van der Waals surface area (Å²) in [4.78, 5) is 23.2. The molecule has 1 aliphatic heterocycles. The van der Waals surface area contributed by atoms with Gasteiger partial charge in [0.15, 0.2) is 11.5 Å². The molecule has 0 aliphatic carbocycles. The SMILES string of the molecule is COc1ccc(C2CCCN2C(=O)CCc2nc(-c3ccncc3)no2)cc1OC. The molecule has 0 N–H and O–H groups in total. The predicted molar refractivity (Wildman–Crippen MR) is 109 cm³/mol. The maximum absolute atomic E-state index is 12.9. The summed E-state index contributed by atoms with van der Waals surface area (Å²) in [5, 5.41) is 4.00. The van der Waals surface area contributed by atoms with E-state index >= 15 is 0 Å². The zero-order chi connectivity index (χ0) is 20.9. The second-order valence-corrected chi connectivity index (χ2v) is 7.11. The van der Waals surface area contributed by atoms with Crippen molar-refractivity contribution in [2.24, 2.45) is 0 Å². The molecule has 8 nitrogen and oxygen atoms in total. The third-order valence-corrected chi connectivity index (χ3v) is 5.32. The summed E-state index contributed by atoms with van der Waals surface area (Å²) in [7, 11) is 3.23. The van der Waals surface area contributed by atoms with Gasteiger partial charge in [-0.3, -0.25) is 9.78 Å². The van der Waals surface area contributed by atoms with Crippen LogP contribution in [0.15, 0.2) is 47.2 Å². The molecule has 2 aromatic heterocycles. The number of likely N-dealkylation sites (tertiary alicyclic amines) is 1. The fourth-order valence-electron chi connectivity index (χ4n) is 3.80. The summed E-state index contributed by atoms with van der Waals surface area (Å²) in [6.07, 6.45) is 5.98. The molecule has 0 saturated carbocycles. The third kappa shape index (κ3) is 4.12. The number of nitrogens with zero attached hydrogens (tertiary/aromatic N) is 4. The van der Waals surface area contributed by atoms with Crippen LogP contribution in [0.3, 0.4) is 0 Å². The highest BCUT2D eigenvalue weighted by molar-refractivity contribution is 5.77. The van der Waals surface area contributed by atoms with E-state index in [4.69, 9.17) is 14.0 Å². The molecule has 0 spiro atoms. The topological polar surface area (TPSA) is 90.6 Å². The van der Waals surface area contributed by atoms with Crippen LogP contribution in [0.25, 0.3) is 11.4 Å². The molecule has 156 valence electrons. The number of aryl methyl sites for hydroxylation is 1. The molecule has 3 aromatic rings. The van der Waals surface area contributed by atoms with Gasteiger partial charge in [0.2, 0.25) is 17.6 Å². The molecular formula is C22H24N4O4. The lowest BCUT2D eigenvalue weighted by Crippen LogP contribution is -2.30. The van der Waals surface area contributed by atoms with E-state index in [0.717, 1.165) is 30.5 Å². The molecule has 1 aliphatic rings. The molecule has 1 saturated heterocycles. The quantitative estimate of drug-likeness (QED) is 0.591. The smallest absolute Gasteiger partial charge is 0.227 e. The number of hydrogen-bond acceptors (Lipinski definition) is 7. The van der Waals surface area contributed by atoms with Crippen LogP contribution >= 0.6 is 0 Å². The van der Waals surface area contributed by atoms with Gasteiger partial charge in [-0.1, -0.05) is 11.2 Å². The van der Waals surface area contributed by atoms with Crippen LogP contribution < -0.4 is 9.47 Å². The van der Waals surface area contributed by atoms with Crippen LogP contribution in [0.5, 0.6) is 11.5 Å². The van der Waals surface area contributed by atoms with E-state index in [1.165, 1.54) is 0 Å². The van der Waals surface area contributed by atoms with Crippen molar-refractivity contribution in [2.45, 2.75) is 31.7 Å². The molecule has 1 amide bonds. The van der Waals surface area contributed by atoms with E-state index in [-0.39, 0.29) is 11.9 Å². The van der Waals surface area contributed by atoms with E-state index in [0.29, 0.717) is 36.1 Å². The molecule has 1 atom stereocenters. The molecule has 1 unspecified atom stereocenters. The van der Waals surface area contributed by atoms with Gasteiger partial charge in [-0.2, -0.15) is 4.98 Å². The number of amides is 1. The monoisotopic (exact) mass is 408 g/mol. The fourth-order valence-corrected chi connectivity index (χ4v) is 3.80. The minimum atomic E-state index is 0.0346. The van der Waals surface area contributed by atoms with E-state index < -0.39 is 0 Å². The van der Waals surface area contributed by atoms with Crippen LogP contribution in [-0.4, -0.2) is 46.7 Å². The van der Waals surface area contributed by atoms with E-state index in [2.05, 4.69) is 15.1 Å². The van der Waals surface area contributed by atoms with Crippen molar-refractivity contribution in [3.05, 3.63) is 54.2 Å². The Morgan fingerprint density at radius 3 is 2.73 bits per heavy atom. The summed E-state index contributed by atoms with van der Waals surface area (Å²) < 4.78 is 16.1. The van der Waals surface area contributed by atoms with E-state index in [9.17, 15) is 4.79 Å². The first-order valence-electron chi connectivity index (χ1n) is 9.94. The Bertz CT molecular complexity index is 1010. The summed E-state index contributed by atoms with van der Waals surface area (Å²) in [6.45, 7) is 0.740. The highest BCUT2D eigenvalue weighted by Crippen LogP contribution is 2.37. The average Bonchev–Trinajstić information content (AvgIpc) is 3.47. The second-order valence-electron chi connectivity index (χ2n) is 7.11. The van der Waals surface area contributed by atoms with Gasteiger partial charge < -0.3 is 18.9 Å². The number of hydrogen-bond donors (Lipinski definition) is 0. The lowest BCUT2D eigenvalue weighted by molar-refractivity contribution is -0.132. The number of ether oxygens (including phenoxy) is 2. The lowest BCUT2D eigenvalue weighted by Gasteiger charge is -2.25. The van der Waals surface area contributed by atoms with Gasteiger partial charge in [0.25, 0.3) is 0 Å². The van der Waals surface area contributed by atoms with Crippen molar-refractivity contribution >= 4 is 5.91 Å². The molecular weight excluding hydrogens is 384 g/mol. The van der Waals surface area contributed by atoms with E-state index in [1.807, 2.05) is 35.2 Å². The van der Waals surface area contributed by atoms with Crippen LogP contribution in [0.1, 0.15) is 36.8 Å². The molecule has 1 fully saturated rings. The standard InChI is InChI=1S/C22H24N4O4/c1-28-18-6-5-16(14-19(18)29-2)17-4-3-13-26(17)21(27)8-7-20-24-22(25-30-20)15-9-11-23-12-10-15/h5-6,9-12,14,17H,3-4,7-8,13H2,1-2H3. The number of rotatable bonds is 7. The minimum Gasteiger partial charge on any atom is -0.493 e. The number of carbonyl (C=O) groups excluding carboxylic acids is 1. The van der Waals surface area contributed by atoms with Gasteiger partial charge in [0.1, 0.15) is 0 Å². The summed E-state index contributed by atoms with van der Waals surface area (Å²) in [5.74, 6) is 2.39. The van der Waals surface area contributed by atoms with Gasteiger partial charge in [-0.15, -0.1) is 0 Å². The molecule has 0 bridgehead atoms. The Morgan fingerprint density at radius 2 is 1.97 bits per heavy atom. The maximum atomic E-state index is 12.9. The number of methoxy groups -OCH3 is 2. The third-order valence-electron chi connectivity index (χ3n) is 5.32. The van der Waals surface area contributed by atoms with Gasteiger partial charge in [0.05, 0.1) is 20.3 Å². The first kappa shape index (κ1) is 19.9. The fraction of sp³-hybridized carbons (Fsp3) is 0.364. The Morgan fingerprint density at radius 1 is 1.17 bits per heavy atom. The number of aromatic nitrogens is 3. The minimum absolute atomic E-state index is 0.0346. The lowest BCUT2D eigenvalue weighted by atomic mass is 10.0. The Labute approximate surface area is 174 Å². The molecule has 30 heavy (non-hydrogen) atoms. The number of benzene rings is 1.